The number of piperidine rings is 1. The molecule has 3 heterocycles. The van der Waals surface area contributed by atoms with Crippen LogP contribution in [0.15, 0.2) is 3.79 Å². The predicted octanol–water partition coefficient (Wildman–Crippen LogP) is 2.47. The van der Waals surface area contributed by atoms with Crippen LogP contribution in [0.4, 0.5) is 0 Å². The first kappa shape index (κ1) is 13.7. The van der Waals surface area contributed by atoms with E-state index >= 15 is 0 Å². The SMILES string of the molecule is CN1CCC(NCc2sc(Br)c3c2OCCO3)CC1. The highest BCUT2D eigenvalue weighted by Crippen LogP contribution is 2.47. The Morgan fingerprint density at radius 2 is 1.95 bits per heavy atom. The summed E-state index contributed by atoms with van der Waals surface area (Å²) in [5, 5.41) is 3.65. The van der Waals surface area contributed by atoms with Gasteiger partial charge in [0.05, 0.1) is 4.88 Å². The Morgan fingerprint density at radius 1 is 1.26 bits per heavy atom. The van der Waals surface area contributed by atoms with E-state index in [1.165, 1.54) is 30.8 Å². The number of thiophene rings is 1. The van der Waals surface area contributed by atoms with Crippen molar-refractivity contribution in [2.24, 2.45) is 0 Å². The van der Waals surface area contributed by atoms with Gasteiger partial charge in [0.25, 0.3) is 0 Å². The lowest BCUT2D eigenvalue weighted by atomic mass is 10.1. The number of hydrogen-bond donors (Lipinski definition) is 1. The third-order valence-corrected chi connectivity index (χ3v) is 5.48. The number of fused-ring (bicyclic) bond motifs is 1. The molecule has 1 saturated heterocycles. The van der Waals surface area contributed by atoms with Crippen LogP contribution in [0, 0.1) is 0 Å². The highest BCUT2D eigenvalue weighted by Gasteiger charge is 2.24. The van der Waals surface area contributed by atoms with Crippen LogP contribution in [-0.4, -0.2) is 44.3 Å². The summed E-state index contributed by atoms with van der Waals surface area (Å²) in [5.74, 6) is 1.82. The molecule has 106 valence electrons. The van der Waals surface area contributed by atoms with Crippen LogP contribution in [0.25, 0.3) is 0 Å². The van der Waals surface area contributed by atoms with E-state index in [9.17, 15) is 0 Å². The van der Waals surface area contributed by atoms with E-state index < -0.39 is 0 Å². The van der Waals surface area contributed by atoms with Gasteiger partial charge in [0, 0.05) is 12.6 Å². The third-order valence-electron chi connectivity index (χ3n) is 3.70. The molecule has 0 bridgehead atoms. The van der Waals surface area contributed by atoms with Gasteiger partial charge in [-0.25, -0.2) is 0 Å². The Bertz CT molecular complexity index is 444. The molecular weight excluding hydrogens is 328 g/mol. The normalized spacial score (nSPS) is 20.7. The fourth-order valence-corrected chi connectivity index (χ4v) is 4.28. The number of likely N-dealkylation sites (tertiary alicyclic amines) is 1. The van der Waals surface area contributed by atoms with Crippen molar-refractivity contribution in [1.29, 1.82) is 0 Å². The fraction of sp³-hybridized carbons (Fsp3) is 0.692. The van der Waals surface area contributed by atoms with Crippen molar-refractivity contribution < 1.29 is 9.47 Å². The van der Waals surface area contributed by atoms with E-state index in [4.69, 9.17) is 9.47 Å². The second kappa shape index (κ2) is 5.99. The number of ether oxygens (including phenoxy) is 2. The molecule has 0 aliphatic carbocycles. The topological polar surface area (TPSA) is 33.7 Å². The van der Waals surface area contributed by atoms with Gasteiger partial charge in [0.2, 0.25) is 0 Å². The molecule has 1 N–H and O–H groups in total. The van der Waals surface area contributed by atoms with Crippen molar-refractivity contribution in [3.05, 3.63) is 8.66 Å². The zero-order valence-corrected chi connectivity index (χ0v) is 13.5. The molecule has 3 rings (SSSR count). The van der Waals surface area contributed by atoms with Gasteiger partial charge in [-0.1, -0.05) is 0 Å². The summed E-state index contributed by atoms with van der Waals surface area (Å²) in [6.07, 6.45) is 2.45. The summed E-state index contributed by atoms with van der Waals surface area (Å²) in [4.78, 5) is 3.62. The summed E-state index contributed by atoms with van der Waals surface area (Å²) in [6, 6.07) is 0.622. The average Bonchev–Trinajstić information content (AvgIpc) is 2.76. The predicted molar refractivity (Wildman–Crippen MR) is 80.4 cm³/mol. The maximum atomic E-state index is 5.74. The van der Waals surface area contributed by atoms with Crippen LogP contribution >= 0.6 is 27.3 Å². The van der Waals surface area contributed by atoms with Gasteiger partial charge in [-0.15, -0.1) is 11.3 Å². The Balaban J connectivity index is 1.61. The maximum Gasteiger partial charge on any atom is 0.186 e. The highest BCUT2D eigenvalue weighted by molar-refractivity contribution is 9.11. The molecule has 2 aliphatic heterocycles. The number of hydrogen-bond acceptors (Lipinski definition) is 5. The molecule has 1 fully saturated rings. The summed E-state index contributed by atoms with van der Waals surface area (Å²) < 4.78 is 12.4. The van der Waals surface area contributed by atoms with Crippen molar-refractivity contribution in [3.8, 4) is 11.5 Å². The highest BCUT2D eigenvalue weighted by atomic mass is 79.9. The molecule has 6 heteroatoms. The Hall–Kier alpha value is -0.300. The average molecular weight is 347 g/mol. The molecule has 0 aromatic carbocycles. The quantitative estimate of drug-likeness (QED) is 0.911. The van der Waals surface area contributed by atoms with Crippen LogP contribution in [-0.2, 0) is 6.54 Å². The maximum absolute atomic E-state index is 5.74. The van der Waals surface area contributed by atoms with Gasteiger partial charge in [-0.3, -0.25) is 0 Å². The molecule has 0 atom stereocenters. The van der Waals surface area contributed by atoms with E-state index in [1.54, 1.807) is 11.3 Å². The molecule has 1 aromatic rings. The van der Waals surface area contributed by atoms with Crippen LogP contribution in [0.1, 0.15) is 17.7 Å². The lowest BCUT2D eigenvalue weighted by molar-refractivity contribution is 0.170. The monoisotopic (exact) mass is 346 g/mol. The Labute approximate surface area is 126 Å². The lowest BCUT2D eigenvalue weighted by Gasteiger charge is -2.29. The number of nitrogens with one attached hydrogen (secondary N) is 1. The van der Waals surface area contributed by atoms with E-state index in [-0.39, 0.29) is 0 Å². The number of halogens is 1. The summed E-state index contributed by atoms with van der Waals surface area (Å²) in [6.45, 7) is 4.53. The molecule has 2 aliphatic rings. The molecular formula is C13H19BrN2O2S. The minimum Gasteiger partial charge on any atom is -0.485 e. The van der Waals surface area contributed by atoms with E-state index in [0.29, 0.717) is 19.3 Å². The van der Waals surface area contributed by atoms with Crippen molar-refractivity contribution >= 4 is 27.3 Å². The minimum absolute atomic E-state index is 0.622. The van der Waals surface area contributed by atoms with Gasteiger partial charge in [0.1, 0.15) is 17.0 Å². The lowest BCUT2D eigenvalue weighted by Crippen LogP contribution is -2.40. The molecule has 0 amide bonds. The molecule has 1 aromatic heterocycles. The molecule has 0 saturated carbocycles. The first-order valence-corrected chi connectivity index (χ1v) is 8.33. The van der Waals surface area contributed by atoms with Crippen molar-refractivity contribution in [2.45, 2.75) is 25.4 Å². The zero-order valence-electron chi connectivity index (χ0n) is 11.1. The fourth-order valence-electron chi connectivity index (χ4n) is 2.54. The van der Waals surface area contributed by atoms with Crippen molar-refractivity contribution in [2.75, 3.05) is 33.4 Å². The van der Waals surface area contributed by atoms with Gasteiger partial charge in [0.15, 0.2) is 11.5 Å². The van der Waals surface area contributed by atoms with Crippen LogP contribution in [0.2, 0.25) is 0 Å². The van der Waals surface area contributed by atoms with Crippen LogP contribution in [0.3, 0.4) is 0 Å². The third kappa shape index (κ3) is 3.07. The van der Waals surface area contributed by atoms with Gasteiger partial charge < -0.3 is 19.7 Å². The molecule has 19 heavy (non-hydrogen) atoms. The zero-order chi connectivity index (χ0) is 13.2. The first-order valence-electron chi connectivity index (χ1n) is 6.72. The Kier molecular flexibility index (Phi) is 4.31. The smallest absolute Gasteiger partial charge is 0.186 e. The molecule has 4 nitrogen and oxygen atoms in total. The van der Waals surface area contributed by atoms with E-state index in [0.717, 1.165) is 21.8 Å². The summed E-state index contributed by atoms with van der Waals surface area (Å²) in [7, 11) is 2.19. The van der Waals surface area contributed by atoms with Crippen LogP contribution in [0.5, 0.6) is 11.5 Å². The van der Waals surface area contributed by atoms with Gasteiger partial charge in [-0.05, 0) is 48.9 Å². The number of rotatable bonds is 3. The second-order valence-electron chi connectivity index (χ2n) is 5.11. The van der Waals surface area contributed by atoms with E-state index in [2.05, 4.69) is 33.2 Å². The molecule has 0 unspecified atom stereocenters. The van der Waals surface area contributed by atoms with Gasteiger partial charge in [-0.2, -0.15) is 0 Å². The van der Waals surface area contributed by atoms with Gasteiger partial charge >= 0.3 is 0 Å². The minimum atomic E-state index is 0.622. The van der Waals surface area contributed by atoms with Crippen molar-refractivity contribution in [1.82, 2.24) is 10.2 Å². The summed E-state index contributed by atoms with van der Waals surface area (Å²) in [5.41, 5.74) is 0. The first-order chi connectivity index (χ1) is 9.24. The summed E-state index contributed by atoms with van der Waals surface area (Å²) >= 11 is 5.27. The second-order valence-corrected chi connectivity index (χ2v) is 7.54. The van der Waals surface area contributed by atoms with Crippen LogP contribution < -0.4 is 14.8 Å². The molecule has 0 radical (unpaired) electrons. The Morgan fingerprint density at radius 3 is 2.68 bits per heavy atom. The standard InChI is InChI=1S/C13H19BrN2O2S/c1-16-4-2-9(3-5-16)15-8-10-11-12(13(14)19-10)18-7-6-17-11/h9,15H,2-8H2,1H3. The molecule has 0 spiro atoms. The number of nitrogens with zero attached hydrogens (tertiary/aromatic N) is 1. The van der Waals surface area contributed by atoms with E-state index in [1.807, 2.05) is 0 Å². The largest absolute Gasteiger partial charge is 0.485 e. The van der Waals surface area contributed by atoms with Crippen molar-refractivity contribution in [3.63, 3.8) is 0 Å².